The summed E-state index contributed by atoms with van der Waals surface area (Å²) < 4.78 is 58.9. The van der Waals surface area contributed by atoms with Crippen molar-refractivity contribution in [3.63, 3.8) is 0 Å². The van der Waals surface area contributed by atoms with E-state index in [4.69, 9.17) is 33.5 Å². The maximum Gasteiger partial charge on any atom is 0.697 e. The summed E-state index contributed by atoms with van der Waals surface area (Å²) in [7, 11) is -8.14. The Balaban J connectivity index is 1.80. The van der Waals surface area contributed by atoms with Crippen molar-refractivity contribution >= 4 is 33.1 Å². The fourth-order valence-electron chi connectivity index (χ4n) is 8.97. The van der Waals surface area contributed by atoms with E-state index in [1.165, 1.54) is 31.3 Å². The summed E-state index contributed by atoms with van der Waals surface area (Å²) in [6.07, 6.45) is 21.2. The third-order valence-electron chi connectivity index (χ3n) is 14.4. The highest BCUT2D eigenvalue weighted by Gasteiger charge is 2.50. The molecule has 3 rings (SSSR count). The normalized spacial score (nSPS) is 28.0. The minimum atomic E-state index is -2.07. The predicted octanol–water partition coefficient (Wildman–Crippen LogP) is 15.0. The molecule has 3 unspecified atom stereocenters. The monoisotopic (exact) mass is 883 g/mol. The van der Waals surface area contributed by atoms with Gasteiger partial charge in [0.25, 0.3) is 0 Å². The largest absolute Gasteiger partial charge is 0.697 e. The van der Waals surface area contributed by atoms with Gasteiger partial charge >= 0.3 is 16.5 Å². The molecule has 0 radical (unpaired) electrons. The van der Waals surface area contributed by atoms with Crippen molar-refractivity contribution < 1.29 is 36.1 Å². The van der Waals surface area contributed by atoms with Crippen molar-refractivity contribution in [2.24, 2.45) is 29.1 Å². The van der Waals surface area contributed by atoms with Gasteiger partial charge in [0.2, 0.25) is 0 Å². The molecule has 0 aromatic carbocycles. The average Bonchev–Trinajstić information content (AvgIpc) is 3.47. The second-order valence-electron chi connectivity index (χ2n) is 20.6. The Morgan fingerprint density at radius 2 is 1.38 bits per heavy atom. The van der Waals surface area contributed by atoms with E-state index in [1.807, 2.05) is 13.8 Å². The molecular formula is C46H84O8P2Si2+2. The van der Waals surface area contributed by atoms with Crippen LogP contribution < -0.4 is 0 Å². The smallest absolute Gasteiger partial charge is 0.413 e. The SMILES string of the molecule is C=C1/C(=C\C=C2/CCC[C@@]3(C)C2CC[C@@H]3[C@H](C)/C=C/C(CCCO[P+](=O)OCC)CCCO[P+](=O)OCC)C[C@@H](O[Si](C)(C)C(C)(C)C)C[C@@H]1O[Si](C)(C)C(C)(C)C. The van der Waals surface area contributed by atoms with Gasteiger partial charge in [0.1, 0.15) is 26.4 Å². The molecule has 3 fully saturated rings. The first-order valence-corrected chi connectivity index (χ1v) is 30.5. The van der Waals surface area contributed by atoms with E-state index >= 15 is 0 Å². The molecule has 8 nitrogen and oxygen atoms in total. The van der Waals surface area contributed by atoms with Crippen LogP contribution in [0.25, 0.3) is 0 Å². The average molecular weight is 883 g/mol. The highest BCUT2D eigenvalue weighted by molar-refractivity contribution is 7.33. The highest BCUT2D eigenvalue weighted by Crippen LogP contribution is 2.59. The van der Waals surface area contributed by atoms with Gasteiger partial charge in [0, 0.05) is 15.6 Å². The molecule has 0 aromatic heterocycles. The molecule has 12 heteroatoms. The van der Waals surface area contributed by atoms with E-state index in [1.54, 1.807) is 5.57 Å². The first-order valence-electron chi connectivity index (χ1n) is 22.5. The Labute approximate surface area is 359 Å². The van der Waals surface area contributed by atoms with Crippen molar-refractivity contribution in [1.29, 1.82) is 0 Å². The Bertz CT molecular complexity index is 1440. The molecule has 0 heterocycles. The molecule has 58 heavy (non-hydrogen) atoms. The summed E-state index contributed by atoms with van der Waals surface area (Å²) in [5.74, 6) is 1.96. The standard InChI is InChI=1S/C46H84O8P2Si2/c1-16-49-55(47)51-31-19-21-37(22-20-32-52-56(48)50-17-2)25-24-35(3)41-28-29-42-38(23-18-30-46(41,42)11)26-27-39-33-40(53-57(12,13)44(5,6)7)34-43(36(39)4)54-58(14,15)45(8,9)10/h24-27,35,37,40-43H,4,16-23,28-34H2,1-3,5-15H3/q+2/b25-24+,38-26+,39-27-/t35-,40-,41-,42?,43+,46-/m1/s1. The molecule has 3 aliphatic rings. The maximum atomic E-state index is 11.9. The van der Waals surface area contributed by atoms with Crippen LogP contribution in [0.4, 0.5) is 0 Å². The summed E-state index contributed by atoms with van der Waals surface area (Å²) in [6.45, 7) is 38.3. The number of fused-ring (bicyclic) bond motifs is 1. The molecule has 0 amide bonds. The van der Waals surface area contributed by atoms with Gasteiger partial charge < -0.3 is 8.85 Å². The number of allylic oxidation sites excluding steroid dienone is 5. The van der Waals surface area contributed by atoms with Crippen LogP contribution in [0.15, 0.2) is 47.6 Å². The van der Waals surface area contributed by atoms with Gasteiger partial charge in [-0.1, -0.05) is 91.8 Å². The van der Waals surface area contributed by atoms with Gasteiger partial charge in [-0.2, -0.15) is 0 Å². The van der Waals surface area contributed by atoms with Crippen LogP contribution in [0.1, 0.15) is 140 Å². The number of hydrogen-bond donors (Lipinski definition) is 0. The van der Waals surface area contributed by atoms with Gasteiger partial charge in [-0.3, -0.25) is 0 Å². The molecule has 0 aliphatic heterocycles. The van der Waals surface area contributed by atoms with Crippen LogP contribution in [0.5, 0.6) is 0 Å². The minimum Gasteiger partial charge on any atom is -0.413 e. The van der Waals surface area contributed by atoms with E-state index in [9.17, 15) is 9.13 Å². The van der Waals surface area contributed by atoms with Gasteiger partial charge in [0.05, 0.1) is 12.2 Å². The van der Waals surface area contributed by atoms with Gasteiger partial charge in [-0.05, 0) is 155 Å². The van der Waals surface area contributed by atoms with Gasteiger partial charge in [-0.25, -0.2) is 0 Å². The lowest BCUT2D eigenvalue weighted by atomic mass is 9.61. The molecule has 332 valence electrons. The first-order chi connectivity index (χ1) is 27.0. The molecule has 0 bridgehead atoms. The molecule has 0 N–H and O–H groups in total. The van der Waals surface area contributed by atoms with Crippen LogP contribution >= 0.6 is 16.5 Å². The second-order valence-corrected chi connectivity index (χ2v) is 32.0. The quantitative estimate of drug-likeness (QED) is 0.0460. The number of rotatable bonds is 22. The van der Waals surface area contributed by atoms with E-state index in [2.05, 4.69) is 106 Å². The lowest BCUT2D eigenvalue weighted by molar-refractivity contribution is 0.0969. The predicted molar refractivity (Wildman–Crippen MR) is 247 cm³/mol. The number of hydrogen-bond acceptors (Lipinski definition) is 8. The van der Waals surface area contributed by atoms with Gasteiger partial charge in [-0.15, -0.1) is 18.1 Å². The Morgan fingerprint density at radius 3 is 1.91 bits per heavy atom. The summed E-state index contributed by atoms with van der Waals surface area (Å²) in [5, 5.41) is 0.264. The Kier molecular flexibility index (Phi) is 20.2. The van der Waals surface area contributed by atoms with E-state index in [0.717, 1.165) is 50.5 Å². The zero-order chi connectivity index (χ0) is 43.5. The Morgan fingerprint density at radius 1 is 0.828 bits per heavy atom. The van der Waals surface area contributed by atoms with Crippen molar-refractivity contribution in [2.45, 2.75) is 188 Å². The van der Waals surface area contributed by atoms with Crippen LogP contribution in [0.2, 0.25) is 36.3 Å². The molecule has 0 spiro atoms. The van der Waals surface area contributed by atoms with Gasteiger partial charge in [0.15, 0.2) is 16.6 Å². The van der Waals surface area contributed by atoms with Crippen LogP contribution in [-0.4, -0.2) is 55.3 Å². The van der Waals surface area contributed by atoms with Crippen LogP contribution in [-0.2, 0) is 36.1 Å². The first kappa shape index (κ1) is 51.7. The summed E-state index contributed by atoms with van der Waals surface area (Å²) >= 11 is 0. The summed E-state index contributed by atoms with van der Waals surface area (Å²) in [4.78, 5) is 0. The molecule has 3 saturated carbocycles. The minimum absolute atomic E-state index is 0.0165. The van der Waals surface area contributed by atoms with Crippen LogP contribution in [0.3, 0.4) is 0 Å². The molecule has 0 aromatic rings. The summed E-state index contributed by atoms with van der Waals surface area (Å²) in [5.41, 5.74) is 4.32. The van der Waals surface area contributed by atoms with E-state index in [-0.39, 0.29) is 27.7 Å². The molecule has 8 atom stereocenters. The maximum absolute atomic E-state index is 11.9. The topological polar surface area (TPSA) is 89.5 Å². The van der Waals surface area contributed by atoms with E-state index in [0.29, 0.717) is 50.1 Å². The van der Waals surface area contributed by atoms with Crippen molar-refractivity contribution in [1.82, 2.24) is 0 Å². The lowest BCUT2D eigenvalue weighted by Gasteiger charge is -2.45. The highest BCUT2D eigenvalue weighted by atomic mass is 31.1. The van der Waals surface area contributed by atoms with Crippen LogP contribution in [0, 0.1) is 29.1 Å². The molecule has 3 aliphatic carbocycles. The fraction of sp³-hybridized carbons (Fsp3) is 0.826. The van der Waals surface area contributed by atoms with Crippen molar-refractivity contribution in [2.75, 3.05) is 26.4 Å². The van der Waals surface area contributed by atoms with E-state index < -0.39 is 33.1 Å². The van der Waals surface area contributed by atoms with Crippen molar-refractivity contribution in [3.05, 3.63) is 47.6 Å². The fourth-order valence-corrected chi connectivity index (χ4v) is 12.8. The zero-order valence-corrected chi connectivity index (χ0v) is 43.0. The molecular weight excluding hydrogens is 799 g/mol. The lowest BCUT2D eigenvalue weighted by Crippen LogP contribution is -2.49. The third kappa shape index (κ3) is 14.7. The third-order valence-corrected chi connectivity index (χ3v) is 25.1. The Hall–Kier alpha value is -0.646. The molecule has 0 saturated heterocycles. The summed E-state index contributed by atoms with van der Waals surface area (Å²) in [6, 6.07) is 0. The second kappa shape index (κ2) is 22.6. The zero-order valence-electron chi connectivity index (χ0n) is 39.2. The van der Waals surface area contributed by atoms with Crippen molar-refractivity contribution in [3.8, 4) is 0 Å².